The van der Waals surface area contributed by atoms with Gasteiger partial charge in [-0.1, -0.05) is 13.5 Å². The lowest BCUT2D eigenvalue weighted by Crippen LogP contribution is -2.45. The molecule has 0 saturated heterocycles. The van der Waals surface area contributed by atoms with E-state index in [0.717, 1.165) is 0 Å². The molecule has 10 nitrogen and oxygen atoms in total. The van der Waals surface area contributed by atoms with E-state index < -0.39 is 65.7 Å². The maximum Gasteiger partial charge on any atom is 0.309 e. The van der Waals surface area contributed by atoms with Crippen molar-refractivity contribution < 1.29 is 49.4 Å². The summed E-state index contributed by atoms with van der Waals surface area (Å²) in [5.74, 6) is -3.09. The van der Waals surface area contributed by atoms with Crippen LogP contribution in [0.15, 0.2) is 23.8 Å². The number of aliphatic carboxylic acids is 1. The lowest BCUT2D eigenvalue weighted by molar-refractivity contribution is -0.154. The number of carbonyl (C=O) groups excluding carboxylic acids is 2. The Morgan fingerprint density at radius 1 is 1.11 bits per heavy atom. The summed E-state index contributed by atoms with van der Waals surface area (Å²) in [5.41, 5.74) is -2.74. The highest BCUT2D eigenvalue weighted by Gasteiger charge is 2.54. The van der Waals surface area contributed by atoms with Crippen LogP contribution in [0.4, 0.5) is 0 Å². The fraction of sp³-hybridized carbons (Fsp3) is 0.750. The molecule has 2 aliphatic rings. The number of carbonyl (C=O) groups is 3. The van der Waals surface area contributed by atoms with Gasteiger partial charge in [-0.15, -0.1) is 0 Å². The van der Waals surface area contributed by atoms with Crippen molar-refractivity contribution in [1.29, 1.82) is 0 Å². The second-order valence-electron chi connectivity index (χ2n) is 12.1. The van der Waals surface area contributed by atoms with Crippen LogP contribution in [-0.2, 0) is 23.9 Å². The van der Waals surface area contributed by atoms with Gasteiger partial charge < -0.3 is 35.0 Å². The summed E-state index contributed by atoms with van der Waals surface area (Å²) < 4.78 is 11.1. The van der Waals surface area contributed by atoms with Crippen molar-refractivity contribution in [2.75, 3.05) is 6.61 Å². The second kappa shape index (κ2) is 12.3. The zero-order valence-electron chi connectivity index (χ0n) is 23.1. The zero-order valence-corrected chi connectivity index (χ0v) is 23.1. The molecule has 216 valence electrons. The van der Waals surface area contributed by atoms with E-state index >= 15 is 0 Å². The first-order valence-corrected chi connectivity index (χ1v) is 13.1. The Bertz CT molecular complexity index is 930. The maximum atomic E-state index is 12.4. The zero-order chi connectivity index (χ0) is 29.1. The molecule has 0 spiro atoms. The summed E-state index contributed by atoms with van der Waals surface area (Å²) in [5, 5.41) is 51.8. The van der Waals surface area contributed by atoms with Crippen molar-refractivity contribution in [3.05, 3.63) is 23.8 Å². The van der Waals surface area contributed by atoms with Gasteiger partial charge in [0.2, 0.25) is 0 Å². The highest BCUT2D eigenvalue weighted by molar-refractivity contribution is 5.74. The predicted octanol–water partition coefficient (Wildman–Crippen LogP) is 2.27. The normalized spacial score (nSPS) is 33.7. The Kier molecular flexibility index (Phi) is 10.3. The highest BCUT2D eigenvalue weighted by atomic mass is 16.5. The van der Waals surface area contributed by atoms with Crippen molar-refractivity contribution in [3.63, 3.8) is 0 Å². The number of aliphatic hydroxyl groups is 4. The van der Waals surface area contributed by atoms with Crippen molar-refractivity contribution in [2.45, 2.75) is 109 Å². The minimum absolute atomic E-state index is 0.166. The summed E-state index contributed by atoms with van der Waals surface area (Å²) in [7, 11) is 0. The van der Waals surface area contributed by atoms with Gasteiger partial charge in [0, 0.05) is 12.3 Å². The molecule has 0 bridgehead atoms. The van der Waals surface area contributed by atoms with E-state index in [9.17, 15) is 34.8 Å². The quantitative estimate of drug-likeness (QED) is 0.227. The molecule has 0 aromatic rings. The lowest BCUT2D eigenvalue weighted by Gasteiger charge is -2.42. The number of ether oxygens (including phenoxy) is 2. The van der Waals surface area contributed by atoms with Crippen LogP contribution in [0.1, 0.15) is 79.6 Å². The van der Waals surface area contributed by atoms with E-state index in [0.29, 0.717) is 18.4 Å². The van der Waals surface area contributed by atoms with Gasteiger partial charge in [-0.3, -0.25) is 14.4 Å². The van der Waals surface area contributed by atoms with Gasteiger partial charge in [0.15, 0.2) is 0 Å². The van der Waals surface area contributed by atoms with Gasteiger partial charge in [-0.2, -0.15) is 0 Å². The summed E-state index contributed by atoms with van der Waals surface area (Å²) >= 11 is 0. The molecule has 5 N–H and O–H groups in total. The third kappa shape index (κ3) is 8.36. The van der Waals surface area contributed by atoms with Crippen molar-refractivity contribution in [1.82, 2.24) is 0 Å². The van der Waals surface area contributed by atoms with Crippen LogP contribution in [0.5, 0.6) is 0 Å². The van der Waals surface area contributed by atoms with Crippen molar-refractivity contribution >= 4 is 17.9 Å². The van der Waals surface area contributed by atoms with Gasteiger partial charge in [-0.25, -0.2) is 0 Å². The molecule has 1 fully saturated rings. The Morgan fingerprint density at radius 2 is 1.74 bits per heavy atom. The first kappa shape index (κ1) is 31.9. The number of rotatable bonds is 8. The molecule has 10 heteroatoms. The topological polar surface area (TPSA) is 171 Å². The lowest BCUT2D eigenvalue weighted by atomic mass is 9.67. The van der Waals surface area contributed by atoms with Gasteiger partial charge in [0.1, 0.15) is 12.7 Å². The van der Waals surface area contributed by atoms with E-state index in [1.165, 1.54) is 13.8 Å². The molecule has 0 aromatic heterocycles. The van der Waals surface area contributed by atoms with Crippen molar-refractivity contribution in [2.24, 2.45) is 17.3 Å². The summed E-state index contributed by atoms with van der Waals surface area (Å²) in [6, 6.07) is 0. The smallest absolute Gasteiger partial charge is 0.309 e. The van der Waals surface area contributed by atoms with E-state index in [2.05, 4.69) is 6.58 Å². The first-order chi connectivity index (χ1) is 17.4. The second-order valence-corrected chi connectivity index (χ2v) is 12.1. The van der Waals surface area contributed by atoms with Gasteiger partial charge in [-0.05, 0) is 81.9 Å². The Labute approximate surface area is 224 Å². The molecule has 0 unspecified atom stereocenters. The summed E-state index contributed by atoms with van der Waals surface area (Å²) in [4.78, 5) is 35.5. The third-order valence-corrected chi connectivity index (χ3v) is 8.11. The Morgan fingerprint density at radius 3 is 2.29 bits per heavy atom. The SMILES string of the molecule is C=C1[C@H](O)CC/C(COC(=O)C[C@@](C)(O)CC(=O)O)=C\[C@@H](OC(C)=O)[C@@]2(C)CC[C@@H](C(C)(C)O)[C@@H]2C[C@H]1O. The minimum atomic E-state index is -1.79. The van der Waals surface area contributed by atoms with E-state index in [1.54, 1.807) is 19.9 Å². The number of hydrogen-bond donors (Lipinski definition) is 5. The molecule has 2 aliphatic carbocycles. The first-order valence-electron chi connectivity index (χ1n) is 13.1. The van der Waals surface area contributed by atoms with Crippen LogP contribution in [0, 0.1) is 17.3 Å². The number of hydrogen-bond acceptors (Lipinski definition) is 9. The Balaban J connectivity index is 2.44. The standard InChI is InChI=1S/C28H44O10/c1-16-21(30)8-7-18(15-37-25(34)14-27(5,36)13-24(32)33)11-23(38-17(2)29)28(6)10-9-19(26(3,4)35)20(28)12-22(16)31/h11,19-23,30-31,35-36H,1,7-10,12-15H2,2-6H3,(H,32,33)/b18-11+/t19-,20+,21-,22-,23-,27+,28+/m1/s1. The average Bonchev–Trinajstić information content (AvgIpc) is 3.09. The summed E-state index contributed by atoms with van der Waals surface area (Å²) in [6.45, 7) is 11.6. The van der Waals surface area contributed by atoms with E-state index in [1.807, 2.05) is 6.92 Å². The molecule has 7 atom stereocenters. The average molecular weight is 541 g/mol. The van der Waals surface area contributed by atoms with Gasteiger partial charge >= 0.3 is 17.9 Å². The number of esters is 2. The van der Waals surface area contributed by atoms with Crippen LogP contribution in [0.25, 0.3) is 0 Å². The molecule has 1 saturated carbocycles. The van der Waals surface area contributed by atoms with Crippen LogP contribution in [0.2, 0.25) is 0 Å². The van der Waals surface area contributed by atoms with Crippen LogP contribution >= 0.6 is 0 Å². The van der Waals surface area contributed by atoms with Crippen LogP contribution in [-0.4, -0.2) is 79.6 Å². The molecular formula is C28H44O10. The van der Waals surface area contributed by atoms with E-state index in [-0.39, 0.29) is 43.3 Å². The molecule has 0 aromatic carbocycles. The van der Waals surface area contributed by atoms with Gasteiger partial charge in [0.25, 0.3) is 0 Å². The largest absolute Gasteiger partial charge is 0.481 e. The van der Waals surface area contributed by atoms with Crippen molar-refractivity contribution in [3.8, 4) is 0 Å². The number of aliphatic hydroxyl groups excluding tert-OH is 2. The monoisotopic (exact) mass is 540 g/mol. The molecule has 0 amide bonds. The Hall–Kier alpha value is -2.27. The summed E-state index contributed by atoms with van der Waals surface area (Å²) in [6.07, 6.45) is -0.446. The van der Waals surface area contributed by atoms with Gasteiger partial charge in [0.05, 0.1) is 36.3 Å². The fourth-order valence-corrected chi connectivity index (χ4v) is 5.95. The number of carboxylic acids is 1. The third-order valence-electron chi connectivity index (χ3n) is 8.11. The molecular weight excluding hydrogens is 496 g/mol. The molecule has 0 aliphatic heterocycles. The molecule has 2 rings (SSSR count). The molecule has 38 heavy (non-hydrogen) atoms. The fourth-order valence-electron chi connectivity index (χ4n) is 5.95. The number of fused-ring (bicyclic) bond motifs is 1. The predicted molar refractivity (Wildman–Crippen MR) is 138 cm³/mol. The maximum absolute atomic E-state index is 12.4. The van der Waals surface area contributed by atoms with E-state index in [4.69, 9.17) is 14.6 Å². The highest BCUT2D eigenvalue weighted by Crippen LogP contribution is 2.56. The van der Waals surface area contributed by atoms with Crippen LogP contribution < -0.4 is 0 Å². The minimum Gasteiger partial charge on any atom is -0.481 e. The molecule has 0 heterocycles. The number of carboxylic acid groups (broad SMARTS) is 1. The molecule has 0 radical (unpaired) electrons. The van der Waals surface area contributed by atoms with Crippen LogP contribution in [0.3, 0.4) is 0 Å².